The van der Waals surface area contributed by atoms with Crippen molar-refractivity contribution in [1.82, 2.24) is 4.72 Å². The lowest BCUT2D eigenvalue weighted by Gasteiger charge is -2.16. The van der Waals surface area contributed by atoms with Crippen LogP contribution in [0.1, 0.15) is 40.7 Å². The normalized spacial score (nSPS) is 14.5. The van der Waals surface area contributed by atoms with Crippen LogP contribution in [0.2, 0.25) is 0 Å². The number of carbonyl (C=O) groups excluding carboxylic acids is 1. The molecular weight excluding hydrogens is 330 g/mol. The average Bonchev–Trinajstić information content (AvgIpc) is 3.29. The van der Waals surface area contributed by atoms with E-state index in [1.54, 1.807) is 12.1 Å². The van der Waals surface area contributed by atoms with Crippen LogP contribution >= 0.6 is 11.9 Å². The topological polar surface area (TPSA) is 64.9 Å². The number of nitrogens with one attached hydrogen (secondary N) is 2. The highest BCUT2D eigenvalue weighted by atomic mass is 32.2. The molecule has 4 rings (SSSR count). The molecule has 0 heterocycles. The molecule has 2 aliphatic carbocycles. The van der Waals surface area contributed by atoms with Gasteiger partial charge < -0.3 is 5.32 Å². The van der Waals surface area contributed by atoms with Crippen molar-refractivity contribution in [2.24, 2.45) is 0 Å². The highest BCUT2D eigenvalue weighted by Crippen LogP contribution is 2.38. The number of amides is 2. The van der Waals surface area contributed by atoms with Gasteiger partial charge in [-0.25, -0.2) is 4.79 Å². The molecule has 2 aliphatic rings. The largest absolute Gasteiger partial charge is 0.329 e. The molecule has 0 bridgehead atoms. The van der Waals surface area contributed by atoms with Gasteiger partial charge in [0, 0.05) is 10.6 Å². The molecule has 0 saturated heterocycles. The third-order valence-corrected chi connectivity index (χ3v) is 5.75. The van der Waals surface area contributed by atoms with Gasteiger partial charge in [0.1, 0.15) is 0 Å². The number of aryl methyl sites for hydroxylation is 2. The molecule has 2 amide bonds. The number of rotatable bonds is 3. The van der Waals surface area contributed by atoms with Crippen LogP contribution in [0.4, 0.5) is 10.5 Å². The lowest BCUT2D eigenvalue weighted by atomic mass is 9.99. The van der Waals surface area contributed by atoms with Crippen molar-refractivity contribution in [3.8, 4) is 6.07 Å². The SMILES string of the molecule is N#Cc1ccc(SNC(=O)Nc2c3c(cc4c2CCC4)CCC3)cc1. The molecule has 4 nitrogen and oxygen atoms in total. The van der Waals surface area contributed by atoms with Crippen molar-refractivity contribution >= 4 is 23.7 Å². The lowest BCUT2D eigenvalue weighted by molar-refractivity contribution is 0.257. The van der Waals surface area contributed by atoms with Gasteiger partial charge in [-0.3, -0.25) is 4.72 Å². The van der Waals surface area contributed by atoms with Crippen LogP contribution in [-0.2, 0) is 25.7 Å². The molecule has 0 aromatic heterocycles. The summed E-state index contributed by atoms with van der Waals surface area (Å²) in [7, 11) is 0. The Morgan fingerprint density at radius 3 is 2.24 bits per heavy atom. The Balaban J connectivity index is 1.47. The molecule has 0 saturated carbocycles. The summed E-state index contributed by atoms with van der Waals surface area (Å²) < 4.78 is 2.85. The maximum absolute atomic E-state index is 12.4. The zero-order valence-corrected chi connectivity index (χ0v) is 14.7. The molecule has 0 atom stereocenters. The van der Waals surface area contributed by atoms with E-state index in [0.717, 1.165) is 36.3 Å². The number of urea groups is 1. The first-order chi connectivity index (χ1) is 12.2. The standard InChI is InChI=1S/C20H19N3OS/c21-12-13-7-9-16(10-8-13)25-23-20(24)22-19-17-5-1-3-14(17)11-15-4-2-6-18(15)19/h7-11H,1-6H2,(H2,22,23,24). The summed E-state index contributed by atoms with van der Waals surface area (Å²) in [6, 6.07) is 11.4. The Hall–Kier alpha value is -2.45. The van der Waals surface area contributed by atoms with E-state index in [2.05, 4.69) is 22.2 Å². The first-order valence-corrected chi connectivity index (χ1v) is 9.47. The van der Waals surface area contributed by atoms with E-state index >= 15 is 0 Å². The van der Waals surface area contributed by atoms with Crippen molar-refractivity contribution < 1.29 is 4.79 Å². The molecule has 2 aromatic carbocycles. The van der Waals surface area contributed by atoms with Gasteiger partial charge in [-0.15, -0.1) is 0 Å². The second-order valence-electron chi connectivity index (χ2n) is 6.53. The summed E-state index contributed by atoms with van der Waals surface area (Å²) in [4.78, 5) is 13.3. The predicted molar refractivity (Wildman–Crippen MR) is 99.7 cm³/mol. The fourth-order valence-electron chi connectivity index (χ4n) is 3.81. The first kappa shape index (κ1) is 16.0. The third-order valence-electron chi connectivity index (χ3n) is 4.96. The molecule has 126 valence electrons. The average molecular weight is 349 g/mol. The summed E-state index contributed by atoms with van der Waals surface area (Å²) in [6.07, 6.45) is 6.71. The molecule has 0 aliphatic heterocycles. The zero-order valence-electron chi connectivity index (χ0n) is 13.9. The van der Waals surface area contributed by atoms with Crippen LogP contribution in [0.15, 0.2) is 35.2 Å². The Morgan fingerprint density at radius 2 is 1.64 bits per heavy atom. The highest BCUT2D eigenvalue weighted by Gasteiger charge is 2.24. The number of hydrogen-bond acceptors (Lipinski definition) is 3. The Labute approximate surface area is 151 Å². The second-order valence-corrected chi connectivity index (χ2v) is 7.41. The molecule has 2 aromatic rings. The fourth-order valence-corrected chi connectivity index (χ4v) is 4.34. The number of benzene rings is 2. The molecular formula is C20H19N3OS. The van der Waals surface area contributed by atoms with Crippen molar-refractivity contribution in [1.29, 1.82) is 5.26 Å². The smallest absolute Gasteiger partial charge is 0.307 e. The number of anilines is 1. The Morgan fingerprint density at radius 1 is 1.00 bits per heavy atom. The Kier molecular flexibility index (Phi) is 4.37. The van der Waals surface area contributed by atoms with Gasteiger partial charge >= 0.3 is 6.03 Å². The van der Waals surface area contributed by atoms with Gasteiger partial charge in [-0.1, -0.05) is 6.07 Å². The quantitative estimate of drug-likeness (QED) is 0.809. The van der Waals surface area contributed by atoms with Gasteiger partial charge in [0.05, 0.1) is 11.6 Å². The van der Waals surface area contributed by atoms with Gasteiger partial charge in [-0.2, -0.15) is 5.26 Å². The van der Waals surface area contributed by atoms with Gasteiger partial charge in [0.25, 0.3) is 0 Å². The first-order valence-electron chi connectivity index (χ1n) is 8.65. The van der Waals surface area contributed by atoms with E-state index in [1.165, 1.54) is 47.0 Å². The number of fused-ring (bicyclic) bond motifs is 2. The van der Waals surface area contributed by atoms with E-state index in [4.69, 9.17) is 5.26 Å². The minimum atomic E-state index is -0.191. The van der Waals surface area contributed by atoms with E-state index in [9.17, 15) is 4.79 Å². The van der Waals surface area contributed by atoms with Crippen LogP contribution in [-0.4, -0.2) is 6.03 Å². The van der Waals surface area contributed by atoms with Crippen molar-refractivity contribution in [2.75, 3.05) is 5.32 Å². The van der Waals surface area contributed by atoms with Crippen molar-refractivity contribution in [3.63, 3.8) is 0 Å². The molecule has 2 N–H and O–H groups in total. The number of hydrogen-bond donors (Lipinski definition) is 2. The molecule has 25 heavy (non-hydrogen) atoms. The number of nitrogens with zero attached hydrogens (tertiary/aromatic N) is 1. The van der Waals surface area contributed by atoms with E-state index in [-0.39, 0.29) is 6.03 Å². The lowest BCUT2D eigenvalue weighted by Crippen LogP contribution is -2.24. The second kappa shape index (κ2) is 6.81. The van der Waals surface area contributed by atoms with E-state index in [1.807, 2.05) is 12.1 Å². The van der Waals surface area contributed by atoms with E-state index in [0.29, 0.717) is 5.56 Å². The molecule has 0 fully saturated rings. The monoisotopic (exact) mass is 349 g/mol. The molecule has 0 spiro atoms. The molecule has 0 unspecified atom stereocenters. The van der Waals surface area contributed by atoms with Gasteiger partial charge in [0.15, 0.2) is 0 Å². The highest BCUT2D eigenvalue weighted by molar-refractivity contribution is 7.98. The van der Waals surface area contributed by atoms with Gasteiger partial charge in [0.2, 0.25) is 0 Å². The maximum atomic E-state index is 12.4. The molecule has 5 heteroatoms. The predicted octanol–water partition coefficient (Wildman–Crippen LogP) is 4.36. The van der Waals surface area contributed by atoms with Crippen LogP contribution in [0, 0.1) is 11.3 Å². The van der Waals surface area contributed by atoms with Crippen molar-refractivity contribution in [3.05, 3.63) is 58.1 Å². The fraction of sp³-hybridized carbons (Fsp3) is 0.300. The minimum Gasteiger partial charge on any atom is -0.307 e. The molecule has 0 radical (unpaired) electrons. The summed E-state index contributed by atoms with van der Waals surface area (Å²) in [5.74, 6) is 0. The summed E-state index contributed by atoms with van der Waals surface area (Å²) in [5.41, 5.74) is 7.16. The van der Waals surface area contributed by atoms with Crippen LogP contribution in [0.25, 0.3) is 0 Å². The Bertz CT molecular complexity index is 836. The summed E-state index contributed by atoms with van der Waals surface area (Å²) in [6.45, 7) is 0. The summed E-state index contributed by atoms with van der Waals surface area (Å²) >= 11 is 1.26. The van der Waals surface area contributed by atoms with E-state index < -0.39 is 0 Å². The van der Waals surface area contributed by atoms with Gasteiger partial charge in [-0.05, 0) is 97.0 Å². The van der Waals surface area contributed by atoms with Crippen LogP contribution in [0.5, 0.6) is 0 Å². The van der Waals surface area contributed by atoms with Crippen LogP contribution in [0.3, 0.4) is 0 Å². The number of carbonyl (C=O) groups is 1. The maximum Gasteiger partial charge on any atom is 0.329 e. The zero-order chi connectivity index (χ0) is 17.2. The van der Waals surface area contributed by atoms with Crippen molar-refractivity contribution in [2.45, 2.75) is 43.4 Å². The van der Waals surface area contributed by atoms with Crippen LogP contribution < -0.4 is 10.0 Å². The number of nitriles is 1. The summed E-state index contributed by atoms with van der Waals surface area (Å²) in [5, 5.41) is 11.9. The minimum absolute atomic E-state index is 0.191. The third kappa shape index (κ3) is 3.22.